The lowest BCUT2D eigenvalue weighted by Gasteiger charge is -2.31. The molecular formula is C15H21FN2O. The van der Waals surface area contributed by atoms with Crippen LogP contribution in [0.1, 0.15) is 26.7 Å². The molecule has 1 aliphatic heterocycles. The quantitative estimate of drug-likeness (QED) is 0.910. The molecule has 1 heterocycles. The smallest absolute Gasteiger partial charge is 0.231 e. The third-order valence-corrected chi connectivity index (χ3v) is 3.71. The zero-order valence-electron chi connectivity index (χ0n) is 11.5. The second-order valence-corrected chi connectivity index (χ2v) is 5.15. The van der Waals surface area contributed by atoms with Crippen LogP contribution in [0.5, 0.6) is 0 Å². The molecule has 1 fully saturated rings. The van der Waals surface area contributed by atoms with Crippen LogP contribution in [0.2, 0.25) is 0 Å². The summed E-state index contributed by atoms with van der Waals surface area (Å²) in [6.45, 7) is 5.33. The first-order chi connectivity index (χ1) is 9.11. The fourth-order valence-corrected chi connectivity index (χ4v) is 2.54. The van der Waals surface area contributed by atoms with Crippen molar-refractivity contribution in [2.75, 3.05) is 18.0 Å². The number of rotatable bonds is 3. The lowest BCUT2D eigenvalue weighted by Crippen LogP contribution is -2.45. The third kappa shape index (κ3) is 3.32. The molecule has 2 unspecified atom stereocenters. The number of amides is 1. The fourth-order valence-electron chi connectivity index (χ4n) is 2.54. The number of halogens is 1. The maximum atomic E-state index is 13.3. The van der Waals surface area contributed by atoms with Crippen molar-refractivity contribution in [3.8, 4) is 0 Å². The van der Waals surface area contributed by atoms with E-state index in [0.717, 1.165) is 12.8 Å². The van der Waals surface area contributed by atoms with Crippen molar-refractivity contribution in [2.24, 2.45) is 5.92 Å². The van der Waals surface area contributed by atoms with Gasteiger partial charge in [-0.1, -0.05) is 6.07 Å². The van der Waals surface area contributed by atoms with Crippen LogP contribution < -0.4 is 10.2 Å². The average molecular weight is 264 g/mol. The minimum absolute atomic E-state index is 0.000539. The van der Waals surface area contributed by atoms with Gasteiger partial charge in [-0.15, -0.1) is 0 Å². The second kappa shape index (κ2) is 6.15. The SMILES string of the molecule is CCN(C(=O)C1CCC(C)NC1)c1cccc(F)c1. The Morgan fingerprint density at radius 3 is 2.84 bits per heavy atom. The number of carbonyl (C=O) groups excluding carboxylic acids is 1. The topological polar surface area (TPSA) is 32.3 Å². The number of carbonyl (C=O) groups is 1. The van der Waals surface area contributed by atoms with Crippen LogP contribution in [0.15, 0.2) is 24.3 Å². The molecule has 1 N–H and O–H groups in total. The summed E-state index contributed by atoms with van der Waals surface area (Å²) >= 11 is 0. The van der Waals surface area contributed by atoms with Crippen molar-refractivity contribution in [3.05, 3.63) is 30.1 Å². The summed E-state index contributed by atoms with van der Waals surface area (Å²) in [5.41, 5.74) is 0.645. The Labute approximate surface area is 113 Å². The van der Waals surface area contributed by atoms with Gasteiger partial charge < -0.3 is 10.2 Å². The number of nitrogens with one attached hydrogen (secondary N) is 1. The van der Waals surface area contributed by atoms with Gasteiger partial charge in [-0.3, -0.25) is 4.79 Å². The molecular weight excluding hydrogens is 243 g/mol. The lowest BCUT2D eigenvalue weighted by atomic mass is 9.94. The van der Waals surface area contributed by atoms with E-state index in [-0.39, 0.29) is 17.6 Å². The monoisotopic (exact) mass is 264 g/mol. The molecule has 104 valence electrons. The van der Waals surface area contributed by atoms with Gasteiger partial charge in [0.2, 0.25) is 5.91 Å². The second-order valence-electron chi connectivity index (χ2n) is 5.15. The first kappa shape index (κ1) is 14.0. The van der Waals surface area contributed by atoms with E-state index >= 15 is 0 Å². The summed E-state index contributed by atoms with van der Waals surface area (Å²) in [6.07, 6.45) is 1.91. The van der Waals surface area contributed by atoms with Crippen LogP contribution in [0.4, 0.5) is 10.1 Å². The normalized spacial score (nSPS) is 23.1. The van der Waals surface area contributed by atoms with E-state index in [9.17, 15) is 9.18 Å². The van der Waals surface area contributed by atoms with E-state index in [1.165, 1.54) is 12.1 Å². The number of piperidine rings is 1. The highest BCUT2D eigenvalue weighted by Gasteiger charge is 2.28. The van der Waals surface area contributed by atoms with Crippen molar-refractivity contribution in [1.29, 1.82) is 0 Å². The summed E-state index contributed by atoms with van der Waals surface area (Å²) < 4.78 is 13.3. The Bertz CT molecular complexity index is 442. The zero-order chi connectivity index (χ0) is 13.8. The molecule has 2 rings (SSSR count). The molecule has 0 saturated carbocycles. The number of anilines is 1. The summed E-state index contributed by atoms with van der Waals surface area (Å²) in [5.74, 6) is -0.217. The van der Waals surface area contributed by atoms with Gasteiger partial charge in [-0.2, -0.15) is 0 Å². The van der Waals surface area contributed by atoms with E-state index in [0.29, 0.717) is 24.8 Å². The number of hydrogen-bond acceptors (Lipinski definition) is 2. The van der Waals surface area contributed by atoms with Gasteiger partial charge in [0.15, 0.2) is 0 Å². The highest BCUT2D eigenvalue weighted by molar-refractivity contribution is 5.95. The largest absolute Gasteiger partial charge is 0.313 e. The Balaban J connectivity index is 2.11. The van der Waals surface area contributed by atoms with Gasteiger partial charge in [0.1, 0.15) is 5.82 Å². The van der Waals surface area contributed by atoms with Crippen LogP contribution in [0.3, 0.4) is 0 Å². The molecule has 1 aromatic rings. The Morgan fingerprint density at radius 2 is 2.26 bits per heavy atom. The summed E-state index contributed by atoms with van der Waals surface area (Å²) in [7, 11) is 0. The molecule has 1 aliphatic rings. The van der Waals surface area contributed by atoms with Gasteiger partial charge in [-0.05, 0) is 44.9 Å². The van der Waals surface area contributed by atoms with Crippen LogP contribution in [-0.2, 0) is 4.79 Å². The van der Waals surface area contributed by atoms with Crippen molar-refractivity contribution in [1.82, 2.24) is 5.32 Å². The predicted molar refractivity (Wildman–Crippen MR) is 74.6 cm³/mol. The maximum Gasteiger partial charge on any atom is 0.231 e. The van der Waals surface area contributed by atoms with Gasteiger partial charge in [-0.25, -0.2) is 4.39 Å². The fraction of sp³-hybridized carbons (Fsp3) is 0.533. The highest BCUT2D eigenvalue weighted by Crippen LogP contribution is 2.22. The third-order valence-electron chi connectivity index (χ3n) is 3.71. The standard InChI is InChI=1S/C15H21FN2O/c1-3-18(14-6-4-5-13(16)9-14)15(19)12-8-7-11(2)17-10-12/h4-6,9,11-12,17H,3,7-8,10H2,1-2H3. The van der Waals surface area contributed by atoms with Gasteiger partial charge in [0, 0.05) is 24.8 Å². The summed E-state index contributed by atoms with van der Waals surface area (Å²) in [4.78, 5) is 14.2. The molecule has 1 saturated heterocycles. The van der Waals surface area contributed by atoms with Crippen LogP contribution in [0.25, 0.3) is 0 Å². The average Bonchev–Trinajstić information content (AvgIpc) is 2.40. The summed E-state index contributed by atoms with van der Waals surface area (Å²) in [6, 6.07) is 6.71. The predicted octanol–water partition coefficient (Wildman–Crippen LogP) is 2.57. The molecule has 4 heteroatoms. The van der Waals surface area contributed by atoms with Crippen molar-refractivity contribution >= 4 is 11.6 Å². The molecule has 19 heavy (non-hydrogen) atoms. The lowest BCUT2D eigenvalue weighted by molar-refractivity contribution is -0.123. The van der Waals surface area contributed by atoms with Crippen LogP contribution in [0, 0.1) is 11.7 Å². The molecule has 0 aliphatic carbocycles. The number of hydrogen-bond donors (Lipinski definition) is 1. The first-order valence-corrected chi connectivity index (χ1v) is 6.92. The van der Waals surface area contributed by atoms with E-state index in [1.807, 2.05) is 6.92 Å². The van der Waals surface area contributed by atoms with Crippen molar-refractivity contribution < 1.29 is 9.18 Å². The van der Waals surface area contributed by atoms with Crippen LogP contribution >= 0.6 is 0 Å². The minimum Gasteiger partial charge on any atom is -0.313 e. The first-order valence-electron chi connectivity index (χ1n) is 6.92. The Kier molecular flexibility index (Phi) is 4.53. The maximum absolute atomic E-state index is 13.3. The zero-order valence-corrected chi connectivity index (χ0v) is 11.5. The number of benzene rings is 1. The van der Waals surface area contributed by atoms with E-state index in [4.69, 9.17) is 0 Å². The molecule has 0 bridgehead atoms. The molecule has 1 aromatic carbocycles. The van der Waals surface area contributed by atoms with E-state index < -0.39 is 0 Å². The van der Waals surface area contributed by atoms with Gasteiger partial charge in [0.25, 0.3) is 0 Å². The Hall–Kier alpha value is -1.42. The summed E-state index contributed by atoms with van der Waals surface area (Å²) in [5, 5.41) is 3.33. The number of nitrogens with zero attached hydrogens (tertiary/aromatic N) is 1. The molecule has 3 nitrogen and oxygen atoms in total. The van der Waals surface area contributed by atoms with Gasteiger partial charge in [0.05, 0.1) is 5.92 Å². The van der Waals surface area contributed by atoms with Crippen molar-refractivity contribution in [3.63, 3.8) is 0 Å². The molecule has 1 amide bonds. The Morgan fingerprint density at radius 1 is 1.47 bits per heavy atom. The van der Waals surface area contributed by atoms with Crippen molar-refractivity contribution in [2.45, 2.75) is 32.7 Å². The van der Waals surface area contributed by atoms with E-state index in [1.54, 1.807) is 17.0 Å². The molecule has 0 aromatic heterocycles. The molecule has 0 radical (unpaired) electrons. The van der Waals surface area contributed by atoms with E-state index in [2.05, 4.69) is 12.2 Å². The highest BCUT2D eigenvalue weighted by atomic mass is 19.1. The molecule has 0 spiro atoms. The van der Waals surface area contributed by atoms with Crippen LogP contribution in [-0.4, -0.2) is 25.0 Å². The van der Waals surface area contributed by atoms with Gasteiger partial charge >= 0.3 is 0 Å². The minimum atomic E-state index is -0.306. The molecule has 2 atom stereocenters.